The third-order valence-corrected chi connectivity index (χ3v) is 3.56. The molecule has 5 heteroatoms. The Bertz CT molecular complexity index is 727. The number of hydrogen-bond acceptors (Lipinski definition) is 4. The van der Waals surface area contributed by atoms with Crippen LogP contribution in [0.4, 0.5) is 0 Å². The van der Waals surface area contributed by atoms with E-state index in [9.17, 15) is 9.90 Å². The Balaban J connectivity index is 0.000000412. The van der Waals surface area contributed by atoms with Gasteiger partial charge in [0.2, 0.25) is 0 Å². The summed E-state index contributed by atoms with van der Waals surface area (Å²) in [5, 5.41) is 35.2. The van der Waals surface area contributed by atoms with Crippen LogP contribution in [0.5, 0.6) is 0 Å². The quantitative estimate of drug-likeness (QED) is 0.566. The van der Waals surface area contributed by atoms with Crippen LogP contribution < -0.4 is 0 Å². The topological polar surface area (TPSA) is 102 Å². The summed E-state index contributed by atoms with van der Waals surface area (Å²) in [5.41, 5.74) is 1.31. The maximum absolute atomic E-state index is 11.2. The lowest BCUT2D eigenvalue weighted by molar-refractivity contribution is -0.132. The molecular weight excluding hydrogens is 330 g/mol. The molecule has 0 aromatic heterocycles. The molecule has 0 radical (unpaired) electrons. The second-order valence-electron chi connectivity index (χ2n) is 6.38. The lowest BCUT2D eigenvalue weighted by Crippen LogP contribution is -2.20. The first-order valence-corrected chi connectivity index (χ1v) is 8.06. The number of aliphatic hydroxyl groups excluding tert-OH is 2. The fraction of sp³-hybridized carbons (Fsp3) is 0.238. The molecule has 26 heavy (non-hydrogen) atoms. The zero-order valence-corrected chi connectivity index (χ0v) is 14.9. The smallest absolute Gasteiger partial charge is 0.347 e. The van der Waals surface area contributed by atoms with Gasteiger partial charge in [0, 0.05) is 11.0 Å². The van der Waals surface area contributed by atoms with Crippen LogP contribution in [0.15, 0.2) is 66.2 Å². The van der Waals surface area contributed by atoms with Crippen LogP contribution in [-0.4, -0.2) is 34.5 Å². The van der Waals surface area contributed by atoms with E-state index in [0.29, 0.717) is 16.7 Å². The minimum atomic E-state index is -1.22. The number of nitriles is 1. The Labute approximate surface area is 153 Å². The average molecular weight is 353 g/mol. The van der Waals surface area contributed by atoms with E-state index < -0.39 is 5.97 Å². The molecule has 0 aliphatic rings. The number of benzene rings is 2. The van der Waals surface area contributed by atoms with Gasteiger partial charge in [0.25, 0.3) is 0 Å². The first-order valence-electron chi connectivity index (χ1n) is 8.06. The van der Waals surface area contributed by atoms with Crippen molar-refractivity contribution in [3.05, 3.63) is 77.4 Å². The number of rotatable bonds is 5. The van der Waals surface area contributed by atoms with Crippen molar-refractivity contribution in [2.24, 2.45) is 5.41 Å². The molecule has 0 saturated heterocycles. The van der Waals surface area contributed by atoms with E-state index in [-0.39, 0.29) is 24.2 Å². The molecule has 2 rings (SSSR count). The molecular formula is C21H23NO4. The molecule has 136 valence electrons. The summed E-state index contributed by atoms with van der Waals surface area (Å²) in [6.45, 7) is 3.69. The van der Waals surface area contributed by atoms with Crippen molar-refractivity contribution in [2.75, 3.05) is 13.2 Å². The van der Waals surface area contributed by atoms with Crippen molar-refractivity contribution in [3.8, 4) is 6.07 Å². The number of hydrogen-bond donors (Lipinski definition) is 3. The Morgan fingerprint density at radius 3 is 1.54 bits per heavy atom. The number of carboxylic acids is 1. The fourth-order valence-electron chi connectivity index (χ4n) is 1.93. The normalized spacial score (nSPS) is 10.1. The highest BCUT2D eigenvalue weighted by Gasteiger charge is 2.17. The molecule has 0 atom stereocenters. The van der Waals surface area contributed by atoms with Gasteiger partial charge >= 0.3 is 5.97 Å². The van der Waals surface area contributed by atoms with Crippen molar-refractivity contribution < 1.29 is 20.1 Å². The molecule has 0 aliphatic carbocycles. The maximum Gasteiger partial charge on any atom is 0.347 e. The molecule has 0 heterocycles. The minimum Gasteiger partial charge on any atom is -0.477 e. The third kappa shape index (κ3) is 6.17. The second kappa shape index (κ2) is 10.1. The van der Waals surface area contributed by atoms with Crippen molar-refractivity contribution in [1.82, 2.24) is 0 Å². The zero-order chi connectivity index (χ0) is 19.6. The lowest BCUT2D eigenvalue weighted by Gasteiger charge is -2.16. The van der Waals surface area contributed by atoms with Crippen LogP contribution in [0, 0.1) is 16.7 Å². The monoisotopic (exact) mass is 353 g/mol. The first kappa shape index (κ1) is 21.1. The number of aliphatic carboxylic acids is 1. The number of carboxylic acid groups (broad SMARTS) is 1. The van der Waals surface area contributed by atoms with Crippen LogP contribution in [0.1, 0.15) is 25.0 Å². The molecule has 0 unspecified atom stereocenters. The van der Waals surface area contributed by atoms with Gasteiger partial charge in [0.15, 0.2) is 0 Å². The highest BCUT2D eigenvalue weighted by molar-refractivity contribution is 6.04. The molecule has 0 spiro atoms. The summed E-state index contributed by atoms with van der Waals surface area (Å²) in [5.74, 6) is -1.22. The standard InChI is InChI=1S/C16H11NO2.C5H12O2/c17-11-14(16(18)19)15(12-7-3-1-4-8-12)13-9-5-2-6-10-13;1-5(2,3-6)4-7/h1-10H,(H,18,19);6-7H,3-4H2,1-2H3. The van der Waals surface area contributed by atoms with E-state index in [2.05, 4.69) is 0 Å². The van der Waals surface area contributed by atoms with Crippen LogP contribution in [0.25, 0.3) is 5.57 Å². The largest absolute Gasteiger partial charge is 0.477 e. The van der Waals surface area contributed by atoms with Crippen molar-refractivity contribution >= 4 is 11.5 Å². The molecule has 2 aromatic carbocycles. The molecule has 0 bridgehead atoms. The van der Waals surface area contributed by atoms with E-state index in [1.807, 2.05) is 36.4 Å². The van der Waals surface area contributed by atoms with Gasteiger partial charge in [0.05, 0.1) is 13.2 Å². The molecule has 0 aliphatic heterocycles. The van der Waals surface area contributed by atoms with Gasteiger partial charge < -0.3 is 15.3 Å². The van der Waals surface area contributed by atoms with Crippen molar-refractivity contribution in [2.45, 2.75) is 13.8 Å². The summed E-state index contributed by atoms with van der Waals surface area (Å²) < 4.78 is 0. The van der Waals surface area contributed by atoms with E-state index in [0.717, 1.165) is 0 Å². The van der Waals surface area contributed by atoms with Crippen LogP contribution in [-0.2, 0) is 4.79 Å². The number of nitrogens with zero attached hydrogens (tertiary/aromatic N) is 1. The van der Waals surface area contributed by atoms with Crippen molar-refractivity contribution in [3.63, 3.8) is 0 Å². The highest BCUT2D eigenvalue weighted by atomic mass is 16.4. The summed E-state index contributed by atoms with van der Waals surface area (Å²) in [4.78, 5) is 11.2. The molecule has 2 aromatic rings. The molecule has 0 fully saturated rings. The van der Waals surface area contributed by atoms with E-state index in [1.54, 1.807) is 44.2 Å². The van der Waals surface area contributed by atoms with Crippen molar-refractivity contribution in [1.29, 1.82) is 5.26 Å². The van der Waals surface area contributed by atoms with Crippen LogP contribution in [0.3, 0.4) is 0 Å². The minimum absolute atomic E-state index is 0.0451. The second-order valence-corrected chi connectivity index (χ2v) is 6.38. The van der Waals surface area contributed by atoms with Gasteiger partial charge in [-0.3, -0.25) is 0 Å². The molecule has 3 N–H and O–H groups in total. The van der Waals surface area contributed by atoms with Gasteiger partial charge in [-0.1, -0.05) is 74.5 Å². The fourth-order valence-corrected chi connectivity index (χ4v) is 1.93. The van der Waals surface area contributed by atoms with Crippen LogP contribution in [0.2, 0.25) is 0 Å². The van der Waals surface area contributed by atoms with E-state index in [4.69, 9.17) is 15.5 Å². The molecule has 5 nitrogen and oxygen atoms in total. The van der Waals surface area contributed by atoms with Gasteiger partial charge in [-0.2, -0.15) is 5.26 Å². The predicted octanol–water partition coefficient (Wildman–Crippen LogP) is 3.09. The Morgan fingerprint density at radius 2 is 1.31 bits per heavy atom. The Morgan fingerprint density at radius 1 is 0.923 bits per heavy atom. The Hall–Kier alpha value is -2.94. The maximum atomic E-state index is 11.2. The summed E-state index contributed by atoms with van der Waals surface area (Å²) in [6, 6.07) is 19.9. The van der Waals surface area contributed by atoms with Gasteiger partial charge in [0.1, 0.15) is 11.6 Å². The summed E-state index contributed by atoms with van der Waals surface area (Å²) in [7, 11) is 0. The predicted molar refractivity (Wildman–Crippen MR) is 100 cm³/mol. The van der Waals surface area contributed by atoms with Gasteiger partial charge in [-0.25, -0.2) is 4.79 Å². The number of aliphatic hydroxyl groups is 2. The first-order chi connectivity index (χ1) is 12.4. The lowest BCUT2D eigenvalue weighted by atomic mass is 9.93. The SMILES string of the molecule is CC(C)(CO)CO.N#CC(C(=O)O)=C(c1ccccc1)c1ccccc1. The molecule has 0 saturated carbocycles. The van der Waals surface area contributed by atoms with Gasteiger partial charge in [-0.05, 0) is 11.1 Å². The third-order valence-electron chi connectivity index (χ3n) is 3.56. The molecule has 0 amide bonds. The van der Waals surface area contributed by atoms with E-state index in [1.165, 1.54) is 0 Å². The zero-order valence-electron chi connectivity index (χ0n) is 14.9. The summed E-state index contributed by atoms with van der Waals surface area (Å²) in [6.07, 6.45) is 0. The van der Waals surface area contributed by atoms with Crippen LogP contribution >= 0.6 is 0 Å². The number of carbonyl (C=O) groups is 1. The summed E-state index contributed by atoms with van der Waals surface area (Å²) >= 11 is 0. The van der Waals surface area contributed by atoms with Gasteiger partial charge in [-0.15, -0.1) is 0 Å². The highest BCUT2D eigenvalue weighted by Crippen LogP contribution is 2.26. The Kier molecular flexibility index (Phi) is 8.23. The van der Waals surface area contributed by atoms with E-state index >= 15 is 0 Å². The average Bonchev–Trinajstić information content (AvgIpc) is 2.67.